The van der Waals surface area contributed by atoms with Gasteiger partial charge in [0.1, 0.15) is 0 Å². The lowest BCUT2D eigenvalue weighted by molar-refractivity contribution is 0.0686. The number of fused-ring (bicyclic) bond motifs is 3. The predicted molar refractivity (Wildman–Crippen MR) is 169 cm³/mol. The molecule has 0 spiro atoms. The highest BCUT2D eigenvalue weighted by Gasteiger charge is 2.36. The summed E-state index contributed by atoms with van der Waals surface area (Å²) in [6, 6.07) is 44.3. The zero-order chi connectivity index (χ0) is 29.5. The smallest absolute Gasteiger partial charge is 0.336 e. The number of carboxylic acid groups (broad SMARTS) is 2. The summed E-state index contributed by atoms with van der Waals surface area (Å²) >= 11 is 0. The van der Waals surface area contributed by atoms with Gasteiger partial charge in [-0.2, -0.15) is 0 Å². The van der Waals surface area contributed by atoms with E-state index in [9.17, 15) is 19.8 Å². The van der Waals surface area contributed by atoms with Crippen LogP contribution in [0.1, 0.15) is 43.3 Å². The molecule has 0 fully saturated rings. The van der Waals surface area contributed by atoms with Crippen LogP contribution in [0, 0.1) is 0 Å². The van der Waals surface area contributed by atoms with Gasteiger partial charge in [-0.15, -0.1) is 0 Å². The molecule has 0 radical (unpaired) electrons. The Hall–Kier alpha value is -5.74. The summed E-state index contributed by atoms with van der Waals surface area (Å²) in [4.78, 5) is 25.9. The zero-order valence-corrected chi connectivity index (χ0v) is 23.1. The molecule has 4 heteroatoms. The van der Waals surface area contributed by atoms with Crippen LogP contribution in [0.5, 0.6) is 0 Å². The van der Waals surface area contributed by atoms with Crippen molar-refractivity contribution in [1.29, 1.82) is 0 Å². The highest BCUT2D eigenvalue weighted by atomic mass is 16.4. The average Bonchev–Trinajstić information content (AvgIpc) is 3.39. The fourth-order valence-corrected chi connectivity index (χ4v) is 6.59. The lowest BCUT2D eigenvalue weighted by atomic mass is 9.80. The van der Waals surface area contributed by atoms with E-state index < -0.39 is 17.9 Å². The molecular weight excluding hydrogens is 532 g/mol. The first kappa shape index (κ1) is 26.2. The number of carbonyl (C=O) groups is 2. The Morgan fingerprint density at radius 3 is 1.42 bits per heavy atom. The van der Waals surface area contributed by atoms with E-state index in [0.717, 1.165) is 38.9 Å². The standard InChI is InChI=1S/C39H26O4/c40-38(41)36-26(24-12-3-1-4-13-24)18-9-22-32(36)31-21-11-20-30-28-16-7-8-17-29(28)35(34(30)31)33-23-10-19-27(37(33)39(42)43)25-14-5-2-6-15-25/h1-23,35H,(H,40,41)(H,42,43). The summed E-state index contributed by atoms with van der Waals surface area (Å²) in [5.41, 5.74) is 9.31. The Kier molecular flexibility index (Phi) is 6.44. The number of rotatable bonds is 6. The van der Waals surface area contributed by atoms with Crippen LogP contribution in [0.2, 0.25) is 0 Å². The van der Waals surface area contributed by atoms with Crippen LogP contribution in [-0.4, -0.2) is 22.2 Å². The highest BCUT2D eigenvalue weighted by molar-refractivity contribution is 6.05. The van der Waals surface area contributed by atoms with Crippen molar-refractivity contribution in [2.24, 2.45) is 0 Å². The van der Waals surface area contributed by atoms with E-state index in [4.69, 9.17) is 0 Å². The van der Waals surface area contributed by atoms with E-state index in [1.165, 1.54) is 0 Å². The Labute approximate surface area is 249 Å². The van der Waals surface area contributed by atoms with Gasteiger partial charge in [-0.1, -0.05) is 140 Å². The van der Waals surface area contributed by atoms with Crippen LogP contribution in [0.3, 0.4) is 0 Å². The summed E-state index contributed by atoms with van der Waals surface area (Å²) in [6.45, 7) is 0. The molecule has 1 unspecified atom stereocenters. The first-order valence-electron chi connectivity index (χ1n) is 14.1. The molecule has 0 saturated heterocycles. The quantitative estimate of drug-likeness (QED) is 0.213. The van der Waals surface area contributed by atoms with Crippen LogP contribution in [0.4, 0.5) is 0 Å². The molecule has 0 aliphatic heterocycles. The minimum Gasteiger partial charge on any atom is -0.478 e. The minimum atomic E-state index is -1.02. The third kappa shape index (κ3) is 4.32. The summed E-state index contributed by atoms with van der Waals surface area (Å²) < 4.78 is 0. The Morgan fingerprint density at radius 2 is 0.814 bits per heavy atom. The Bertz CT molecular complexity index is 2030. The molecule has 1 atom stereocenters. The third-order valence-corrected chi connectivity index (χ3v) is 8.32. The SMILES string of the molecule is O=C(O)c1c(-c2ccccc2)cccc1-c1cccc2c1C(c1cccc(-c3ccccc3)c1C(=O)O)c1ccccc1-2. The topological polar surface area (TPSA) is 74.6 Å². The number of hydrogen-bond donors (Lipinski definition) is 2. The van der Waals surface area contributed by atoms with E-state index in [2.05, 4.69) is 6.07 Å². The van der Waals surface area contributed by atoms with Crippen molar-refractivity contribution in [2.45, 2.75) is 5.92 Å². The summed E-state index contributed by atoms with van der Waals surface area (Å²) in [6.07, 6.45) is 0. The lowest BCUT2D eigenvalue weighted by Gasteiger charge is -2.22. The Morgan fingerprint density at radius 1 is 0.395 bits per heavy atom. The van der Waals surface area contributed by atoms with E-state index in [1.807, 2.05) is 133 Å². The molecule has 1 aliphatic rings. The highest BCUT2D eigenvalue weighted by Crippen LogP contribution is 2.53. The van der Waals surface area contributed by atoms with Crippen LogP contribution in [-0.2, 0) is 0 Å². The van der Waals surface area contributed by atoms with E-state index in [1.54, 1.807) is 0 Å². The monoisotopic (exact) mass is 558 g/mol. The van der Waals surface area contributed by atoms with Gasteiger partial charge in [-0.25, -0.2) is 9.59 Å². The van der Waals surface area contributed by atoms with Gasteiger partial charge in [0.25, 0.3) is 0 Å². The second kappa shape index (κ2) is 10.6. The lowest BCUT2D eigenvalue weighted by Crippen LogP contribution is -2.11. The molecule has 0 amide bonds. The van der Waals surface area contributed by atoms with Crippen molar-refractivity contribution in [3.8, 4) is 44.5 Å². The number of hydrogen-bond acceptors (Lipinski definition) is 2. The second-order valence-electron chi connectivity index (χ2n) is 10.6. The predicted octanol–water partition coefficient (Wildman–Crippen LogP) is 9.24. The fourth-order valence-electron chi connectivity index (χ4n) is 6.59. The number of benzene rings is 6. The molecule has 0 bridgehead atoms. The summed E-state index contributed by atoms with van der Waals surface area (Å²) in [5.74, 6) is -2.44. The van der Waals surface area contributed by atoms with Crippen molar-refractivity contribution in [1.82, 2.24) is 0 Å². The van der Waals surface area contributed by atoms with Crippen LogP contribution < -0.4 is 0 Å². The largest absolute Gasteiger partial charge is 0.478 e. The van der Waals surface area contributed by atoms with E-state index >= 15 is 0 Å². The van der Waals surface area contributed by atoms with Gasteiger partial charge >= 0.3 is 11.9 Å². The van der Waals surface area contributed by atoms with Crippen molar-refractivity contribution in [3.63, 3.8) is 0 Å². The molecule has 7 rings (SSSR count). The second-order valence-corrected chi connectivity index (χ2v) is 10.6. The minimum absolute atomic E-state index is 0.216. The van der Waals surface area contributed by atoms with Crippen molar-refractivity contribution in [3.05, 3.63) is 167 Å². The van der Waals surface area contributed by atoms with Gasteiger partial charge in [0.15, 0.2) is 0 Å². The van der Waals surface area contributed by atoms with Gasteiger partial charge < -0.3 is 10.2 Å². The number of carboxylic acids is 2. The first-order chi connectivity index (χ1) is 21.0. The molecule has 4 nitrogen and oxygen atoms in total. The molecule has 0 heterocycles. The average molecular weight is 559 g/mol. The van der Waals surface area contributed by atoms with Gasteiger partial charge in [0.05, 0.1) is 11.1 Å². The van der Waals surface area contributed by atoms with Crippen molar-refractivity contribution >= 4 is 11.9 Å². The van der Waals surface area contributed by atoms with Gasteiger partial charge in [-0.3, -0.25) is 0 Å². The molecule has 1 aliphatic carbocycles. The van der Waals surface area contributed by atoms with Gasteiger partial charge in [-0.05, 0) is 61.2 Å². The number of aromatic carboxylic acids is 2. The maximum absolute atomic E-state index is 13.0. The molecule has 6 aromatic carbocycles. The van der Waals surface area contributed by atoms with E-state index in [0.29, 0.717) is 22.3 Å². The van der Waals surface area contributed by atoms with E-state index in [-0.39, 0.29) is 11.1 Å². The maximum Gasteiger partial charge on any atom is 0.336 e. The molecule has 206 valence electrons. The van der Waals surface area contributed by atoms with Crippen molar-refractivity contribution < 1.29 is 19.8 Å². The fraction of sp³-hybridized carbons (Fsp3) is 0.0256. The van der Waals surface area contributed by atoms with Gasteiger partial charge in [0.2, 0.25) is 0 Å². The molecule has 43 heavy (non-hydrogen) atoms. The zero-order valence-electron chi connectivity index (χ0n) is 23.1. The normalized spacial score (nSPS) is 13.3. The van der Waals surface area contributed by atoms with Crippen LogP contribution in [0.15, 0.2) is 140 Å². The molecule has 0 saturated carbocycles. The van der Waals surface area contributed by atoms with Crippen LogP contribution in [0.25, 0.3) is 44.5 Å². The third-order valence-electron chi connectivity index (χ3n) is 8.32. The maximum atomic E-state index is 13.0. The van der Waals surface area contributed by atoms with Gasteiger partial charge in [0, 0.05) is 5.92 Å². The Balaban J connectivity index is 1.54. The molecule has 6 aromatic rings. The molecule has 2 N–H and O–H groups in total. The summed E-state index contributed by atoms with van der Waals surface area (Å²) in [7, 11) is 0. The molecular formula is C39H26O4. The van der Waals surface area contributed by atoms with Crippen LogP contribution >= 0.6 is 0 Å². The first-order valence-corrected chi connectivity index (χ1v) is 14.1. The summed E-state index contributed by atoms with van der Waals surface area (Å²) in [5, 5.41) is 21.2. The molecule has 0 aromatic heterocycles. The van der Waals surface area contributed by atoms with Crippen molar-refractivity contribution in [2.75, 3.05) is 0 Å².